The van der Waals surface area contributed by atoms with E-state index in [1.165, 1.54) is 0 Å². The fraction of sp³-hybridized carbons (Fsp3) is 0.500. The molecule has 0 spiro atoms. The van der Waals surface area contributed by atoms with Gasteiger partial charge < -0.3 is 19.6 Å². The number of nitrogens with zero attached hydrogens (tertiary/aromatic N) is 4. The van der Waals surface area contributed by atoms with Crippen molar-refractivity contribution in [2.45, 2.75) is 52.7 Å². The quantitative estimate of drug-likeness (QED) is 0.597. The highest BCUT2D eigenvalue weighted by Gasteiger charge is 2.34. The van der Waals surface area contributed by atoms with Crippen LogP contribution in [0.25, 0.3) is 0 Å². The van der Waals surface area contributed by atoms with Crippen LogP contribution in [0.1, 0.15) is 55.6 Å². The fourth-order valence-corrected chi connectivity index (χ4v) is 3.93. The molecular formula is C28H36N4O4. The van der Waals surface area contributed by atoms with Crippen LogP contribution in [0.2, 0.25) is 0 Å². The minimum absolute atomic E-state index is 0.0542. The molecule has 1 aliphatic rings. The van der Waals surface area contributed by atoms with Crippen molar-refractivity contribution in [3.8, 4) is 17.7 Å². The lowest BCUT2D eigenvalue weighted by Crippen LogP contribution is -2.50. The molecule has 8 heteroatoms. The molecule has 0 bridgehead atoms. The molecule has 2 aromatic rings. The lowest BCUT2D eigenvalue weighted by molar-refractivity contribution is -0.130. The molecule has 0 aromatic carbocycles. The van der Waals surface area contributed by atoms with Crippen molar-refractivity contribution < 1.29 is 19.4 Å². The van der Waals surface area contributed by atoms with Crippen molar-refractivity contribution in [2.24, 2.45) is 11.8 Å². The van der Waals surface area contributed by atoms with Crippen LogP contribution in [0.4, 0.5) is 0 Å². The number of amides is 2. The molecule has 2 aromatic heterocycles. The second-order valence-corrected chi connectivity index (χ2v) is 9.91. The first-order chi connectivity index (χ1) is 17.2. The zero-order valence-corrected chi connectivity index (χ0v) is 21.8. The summed E-state index contributed by atoms with van der Waals surface area (Å²) in [6.45, 7) is 8.52. The second kappa shape index (κ2) is 12.5. The van der Waals surface area contributed by atoms with E-state index in [1.54, 1.807) is 47.6 Å². The average Bonchev–Trinajstić information content (AvgIpc) is 2.86. The Labute approximate surface area is 213 Å². The third-order valence-electron chi connectivity index (χ3n) is 6.22. The molecule has 2 amide bonds. The van der Waals surface area contributed by atoms with Gasteiger partial charge in [0.1, 0.15) is 11.7 Å². The van der Waals surface area contributed by atoms with Crippen molar-refractivity contribution in [2.75, 3.05) is 26.7 Å². The van der Waals surface area contributed by atoms with Crippen molar-refractivity contribution in [3.63, 3.8) is 0 Å². The van der Waals surface area contributed by atoms with Crippen LogP contribution >= 0.6 is 0 Å². The van der Waals surface area contributed by atoms with Gasteiger partial charge in [-0.25, -0.2) is 4.98 Å². The number of hydrogen-bond acceptors (Lipinski definition) is 6. The van der Waals surface area contributed by atoms with E-state index in [2.05, 4.69) is 35.7 Å². The Bertz CT molecular complexity index is 1110. The van der Waals surface area contributed by atoms with Crippen LogP contribution in [0.5, 0.6) is 5.88 Å². The number of aliphatic hydroxyl groups is 1. The van der Waals surface area contributed by atoms with Crippen LogP contribution in [0, 0.1) is 23.7 Å². The summed E-state index contributed by atoms with van der Waals surface area (Å²) in [7, 11) is 1.74. The number of carbonyl (C=O) groups is 2. The Hall–Kier alpha value is -3.44. The number of ether oxygens (including phenoxy) is 1. The lowest BCUT2D eigenvalue weighted by atomic mass is 9.99. The third kappa shape index (κ3) is 7.05. The average molecular weight is 493 g/mol. The summed E-state index contributed by atoms with van der Waals surface area (Å²) in [5.41, 5.74) is 1.79. The number of aromatic nitrogens is 2. The number of rotatable bonds is 7. The molecule has 1 aliphatic heterocycles. The van der Waals surface area contributed by atoms with Gasteiger partial charge in [-0.15, -0.1) is 0 Å². The van der Waals surface area contributed by atoms with E-state index in [4.69, 9.17) is 4.74 Å². The van der Waals surface area contributed by atoms with E-state index in [-0.39, 0.29) is 42.7 Å². The molecule has 3 atom stereocenters. The van der Waals surface area contributed by atoms with Gasteiger partial charge in [0, 0.05) is 50.1 Å². The van der Waals surface area contributed by atoms with Gasteiger partial charge in [0.05, 0.1) is 25.6 Å². The highest BCUT2D eigenvalue weighted by Crippen LogP contribution is 2.27. The van der Waals surface area contributed by atoms with Gasteiger partial charge >= 0.3 is 0 Å². The van der Waals surface area contributed by atoms with E-state index < -0.39 is 6.10 Å². The minimum Gasteiger partial charge on any atom is -0.472 e. The van der Waals surface area contributed by atoms with Gasteiger partial charge in [0.2, 0.25) is 11.8 Å². The molecule has 0 saturated heterocycles. The van der Waals surface area contributed by atoms with E-state index in [9.17, 15) is 14.7 Å². The predicted octanol–water partition coefficient (Wildman–Crippen LogP) is 2.80. The zero-order valence-electron chi connectivity index (χ0n) is 21.8. The summed E-state index contributed by atoms with van der Waals surface area (Å²) in [4.78, 5) is 38.2. The van der Waals surface area contributed by atoms with Gasteiger partial charge in [0.25, 0.3) is 5.91 Å². The number of fused-ring (bicyclic) bond motifs is 1. The van der Waals surface area contributed by atoms with Crippen LogP contribution in [0.3, 0.4) is 0 Å². The zero-order chi connectivity index (χ0) is 26.2. The first kappa shape index (κ1) is 27.2. The molecular weight excluding hydrogens is 456 g/mol. The highest BCUT2D eigenvalue weighted by molar-refractivity contribution is 5.97. The molecule has 8 nitrogen and oxygen atoms in total. The summed E-state index contributed by atoms with van der Waals surface area (Å²) in [6, 6.07) is 5.00. The van der Waals surface area contributed by atoms with E-state index in [0.717, 1.165) is 12.0 Å². The Morgan fingerprint density at radius 1 is 1.33 bits per heavy atom. The fourth-order valence-electron chi connectivity index (χ4n) is 3.93. The molecule has 0 fully saturated rings. The number of carbonyl (C=O) groups excluding carboxylic acids is 2. The smallest absolute Gasteiger partial charge is 0.259 e. The van der Waals surface area contributed by atoms with Crippen LogP contribution in [0.15, 0.2) is 36.8 Å². The summed E-state index contributed by atoms with van der Waals surface area (Å²) in [5.74, 6) is 6.45. The highest BCUT2D eigenvalue weighted by atomic mass is 16.5. The van der Waals surface area contributed by atoms with Crippen molar-refractivity contribution >= 4 is 11.8 Å². The molecule has 0 unspecified atom stereocenters. The Balaban J connectivity index is 1.87. The molecule has 0 aliphatic carbocycles. The number of likely N-dealkylation sites (N-methyl/N-ethyl adjacent to an activating group) is 1. The molecule has 0 radical (unpaired) electrons. The maximum absolute atomic E-state index is 13.5. The SMILES string of the molecule is CC(C)CC#Cc1cnc2c(c1)C(=O)N([C@H](C)CO)C[C@H](C)[C@H](CN(C)C(=O)Cc1cccnc1)O2. The Morgan fingerprint density at radius 2 is 2.11 bits per heavy atom. The van der Waals surface area contributed by atoms with Crippen molar-refractivity contribution in [1.82, 2.24) is 19.8 Å². The van der Waals surface area contributed by atoms with Crippen molar-refractivity contribution in [1.29, 1.82) is 0 Å². The van der Waals surface area contributed by atoms with E-state index >= 15 is 0 Å². The Kier molecular flexibility index (Phi) is 9.43. The third-order valence-corrected chi connectivity index (χ3v) is 6.22. The number of pyridine rings is 2. The maximum atomic E-state index is 13.5. The molecule has 1 N–H and O–H groups in total. The predicted molar refractivity (Wildman–Crippen MR) is 137 cm³/mol. The van der Waals surface area contributed by atoms with Crippen LogP contribution in [-0.4, -0.2) is 75.6 Å². The summed E-state index contributed by atoms with van der Waals surface area (Å²) >= 11 is 0. The van der Waals surface area contributed by atoms with Crippen LogP contribution < -0.4 is 4.74 Å². The largest absolute Gasteiger partial charge is 0.472 e. The first-order valence-electron chi connectivity index (χ1n) is 12.4. The number of hydrogen-bond donors (Lipinski definition) is 1. The monoisotopic (exact) mass is 492 g/mol. The van der Waals surface area contributed by atoms with Gasteiger partial charge in [0.15, 0.2) is 0 Å². The van der Waals surface area contributed by atoms with E-state index in [1.807, 2.05) is 19.9 Å². The summed E-state index contributed by atoms with van der Waals surface area (Å²) in [6.07, 6.45) is 5.55. The van der Waals surface area contributed by atoms with Gasteiger partial charge in [-0.3, -0.25) is 14.6 Å². The van der Waals surface area contributed by atoms with Crippen molar-refractivity contribution in [3.05, 3.63) is 53.5 Å². The first-order valence-corrected chi connectivity index (χ1v) is 12.4. The summed E-state index contributed by atoms with van der Waals surface area (Å²) in [5, 5.41) is 9.83. The summed E-state index contributed by atoms with van der Waals surface area (Å²) < 4.78 is 6.27. The maximum Gasteiger partial charge on any atom is 0.259 e. The normalized spacial score (nSPS) is 18.3. The molecule has 3 heterocycles. The van der Waals surface area contributed by atoms with Gasteiger partial charge in [-0.2, -0.15) is 0 Å². The van der Waals surface area contributed by atoms with Crippen LogP contribution in [-0.2, 0) is 11.2 Å². The topological polar surface area (TPSA) is 95.9 Å². The molecule has 3 rings (SSSR count). The molecule has 192 valence electrons. The lowest BCUT2D eigenvalue weighted by Gasteiger charge is -2.37. The van der Waals surface area contributed by atoms with E-state index in [0.29, 0.717) is 30.1 Å². The van der Waals surface area contributed by atoms with Gasteiger partial charge in [-0.05, 0) is 30.5 Å². The standard InChI is InChI=1S/C28H36N4O4/c1-19(2)8-6-9-22-12-24-27(30-15-22)36-25(20(3)16-32(28(24)35)21(4)18-33)17-31(5)26(34)13-23-10-7-11-29-14-23/h7,10-12,14-15,19-21,25,33H,8,13,16-18H2,1-5H3/t20-,21+,25-/m0/s1. The molecule has 36 heavy (non-hydrogen) atoms. The van der Waals surface area contributed by atoms with Gasteiger partial charge in [-0.1, -0.05) is 38.7 Å². The number of aliphatic hydroxyl groups excluding tert-OH is 1. The molecule has 0 saturated carbocycles. The Morgan fingerprint density at radius 3 is 2.78 bits per heavy atom. The minimum atomic E-state index is -0.404. The second-order valence-electron chi connectivity index (χ2n) is 9.91.